The minimum Gasteiger partial charge on any atom is -0.465 e. The number of aryl methyl sites for hydroxylation is 1. The molecule has 0 aromatic carbocycles. The maximum Gasteiger partial charge on any atom is 0.314 e. The normalized spacial score (nSPS) is 23.1. The van der Waals surface area contributed by atoms with Crippen LogP contribution < -0.4 is 10.6 Å². The van der Waals surface area contributed by atoms with Gasteiger partial charge in [0, 0.05) is 38.7 Å². The molecule has 2 amide bonds. The monoisotopic (exact) mass is 337 g/mol. The zero-order chi connectivity index (χ0) is 16.8. The summed E-state index contributed by atoms with van der Waals surface area (Å²) < 4.78 is 16.6. The molecule has 2 fully saturated rings. The fraction of sp³-hybridized carbons (Fsp3) is 0.706. The quantitative estimate of drug-likeness (QED) is 0.818. The van der Waals surface area contributed by atoms with Crippen LogP contribution in [0.4, 0.5) is 4.79 Å². The van der Waals surface area contributed by atoms with E-state index in [1.165, 1.54) is 0 Å². The molecular weight excluding hydrogens is 310 g/mol. The van der Waals surface area contributed by atoms with Crippen LogP contribution in [0.25, 0.3) is 0 Å². The van der Waals surface area contributed by atoms with Crippen LogP contribution in [0.2, 0.25) is 0 Å². The smallest absolute Gasteiger partial charge is 0.314 e. The number of urea groups is 1. The van der Waals surface area contributed by atoms with Crippen LogP contribution in [-0.4, -0.2) is 63.5 Å². The van der Waals surface area contributed by atoms with Gasteiger partial charge in [-0.25, -0.2) is 4.79 Å². The Kier molecular flexibility index (Phi) is 6.12. The second-order valence-electron chi connectivity index (χ2n) is 6.43. The second kappa shape index (κ2) is 8.50. The van der Waals surface area contributed by atoms with Gasteiger partial charge in [-0.2, -0.15) is 0 Å². The summed E-state index contributed by atoms with van der Waals surface area (Å²) >= 11 is 0. The van der Waals surface area contributed by atoms with Gasteiger partial charge in [0.1, 0.15) is 11.5 Å². The van der Waals surface area contributed by atoms with Crippen LogP contribution in [0.15, 0.2) is 16.5 Å². The molecule has 2 N–H and O–H groups in total. The molecule has 134 valence electrons. The molecule has 0 aliphatic carbocycles. The van der Waals surface area contributed by atoms with Gasteiger partial charge in [0.2, 0.25) is 0 Å². The van der Waals surface area contributed by atoms with E-state index in [2.05, 4.69) is 15.5 Å². The Balaban J connectivity index is 1.52. The minimum absolute atomic E-state index is 0.0307. The van der Waals surface area contributed by atoms with Crippen LogP contribution in [0.5, 0.6) is 0 Å². The summed E-state index contributed by atoms with van der Waals surface area (Å²) in [6, 6.07) is 3.85. The van der Waals surface area contributed by atoms with Gasteiger partial charge >= 0.3 is 6.03 Å². The first-order valence-electron chi connectivity index (χ1n) is 8.70. The van der Waals surface area contributed by atoms with Crippen molar-refractivity contribution in [2.24, 2.45) is 5.92 Å². The highest BCUT2D eigenvalue weighted by Gasteiger charge is 2.26. The van der Waals surface area contributed by atoms with E-state index >= 15 is 0 Å². The van der Waals surface area contributed by atoms with Crippen molar-refractivity contribution in [3.63, 3.8) is 0 Å². The Morgan fingerprint density at radius 3 is 2.75 bits per heavy atom. The summed E-state index contributed by atoms with van der Waals surface area (Å²) in [5.41, 5.74) is 0. The van der Waals surface area contributed by atoms with E-state index in [0.29, 0.717) is 32.2 Å². The lowest BCUT2D eigenvalue weighted by molar-refractivity contribution is 0.0121. The van der Waals surface area contributed by atoms with Crippen molar-refractivity contribution < 1.29 is 18.7 Å². The Labute approximate surface area is 142 Å². The van der Waals surface area contributed by atoms with Gasteiger partial charge < -0.3 is 24.5 Å². The highest BCUT2D eigenvalue weighted by Crippen LogP contribution is 2.23. The Bertz CT molecular complexity index is 522. The van der Waals surface area contributed by atoms with Gasteiger partial charge in [-0.1, -0.05) is 0 Å². The summed E-state index contributed by atoms with van der Waals surface area (Å²) in [5, 5.41) is 5.91. The standard InChI is InChI=1S/C17H27N3O4/c1-13-2-3-16(24-13)15(20-5-8-22-9-6-20)11-19-17(21)18-10-14-4-7-23-12-14/h2-3,14-15H,4-12H2,1H3,(H2,18,19,21)/t14-,15-/m1/s1. The lowest BCUT2D eigenvalue weighted by Gasteiger charge is -2.33. The minimum atomic E-state index is -0.136. The van der Waals surface area contributed by atoms with Crippen molar-refractivity contribution in [1.82, 2.24) is 15.5 Å². The molecule has 2 aliphatic heterocycles. The molecule has 2 atom stereocenters. The molecule has 1 aromatic rings. The summed E-state index contributed by atoms with van der Waals surface area (Å²) in [6.07, 6.45) is 1.02. The van der Waals surface area contributed by atoms with E-state index in [1.54, 1.807) is 0 Å². The largest absolute Gasteiger partial charge is 0.465 e. The van der Waals surface area contributed by atoms with E-state index in [9.17, 15) is 4.79 Å². The van der Waals surface area contributed by atoms with Crippen LogP contribution in [0.1, 0.15) is 24.0 Å². The SMILES string of the molecule is Cc1ccc([C@@H](CNC(=O)NC[C@H]2CCOC2)N2CCOCC2)o1. The number of carbonyl (C=O) groups excluding carboxylic acids is 1. The number of carbonyl (C=O) groups is 1. The molecule has 0 unspecified atom stereocenters. The predicted octanol–water partition coefficient (Wildman–Crippen LogP) is 1.30. The van der Waals surface area contributed by atoms with Crippen molar-refractivity contribution in [1.29, 1.82) is 0 Å². The number of hydrogen-bond donors (Lipinski definition) is 2. The van der Waals surface area contributed by atoms with Crippen molar-refractivity contribution in [3.05, 3.63) is 23.7 Å². The van der Waals surface area contributed by atoms with Gasteiger partial charge in [-0.15, -0.1) is 0 Å². The fourth-order valence-corrected chi connectivity index (χ4v) is 3.16. The molecule has 0 bridgehead atoms. The first-order chi connectivity index (χ1) is 11.7. The second-order valence-corrected chi connectivity index (χ2v) is 6.43. The molecule has 7 nitrogen and oxygen atoms in total. The summed E-state index contributed by atoms with van der Waals surface area (Å²) in [5.74, 6) is 2.20. The van der Waals surface area contributed by atoms with Gasteiger partial charge in [0.05, 0.1) is 25.9 Å². The number of amides is 2. The molecule has 0 radical (unpaired) electrons. The summed E-state index contributed by atoms with van der Waals surface area (Å²) in [6.45, 7) is 7.75. The Morgan fingerprint density at radius 2 is 2.08 bits per heavy atom. The van der Waals surface area contributed by atoms with Gasteiger partial charge in [0.15, 0.2) is 0 Å². The topological polar surface area (TPSA) is 76.0 Å². The van der Waals surface area contributed by atoms with Gasteiger partial charge in [-0.3, -0.25) is 4.90 Å². The lowest BCUT2D eigenvalue weighted by Crippen LogP contribution is -2.46. The van der Waals surface area contributed by atoms with Crippen molar-refractivity contribution in [2.75, 3.05) is 52.6 Å². The molecule has 2 aliphatic rings. The zero-order valence-corrected chi connectivity index (χ0v) is 14.3. The molecule has 1 aromatic heterocycles. The zero-order valence-electron chi connectivity index (χ0n) is 14.3. The highest BCUT2D eigenvalue weighted by atomic mass is 16.5. The molecule has 3 heterocycles. The number of nitrogens with zero attached hydrogens (tertiary/aromatic N) is 1. The number of morpholine rings is 1. The Hall–Kier alpha value is -1.57. The average molecular weight is 337 g/mol. The van der Waals surface area contributed by atoms with E-state index in [-0.39, 0.29) is 12.1 Å². The number of nitrogens with one attached hydrogen (secondary N) is 2. The number of hydrogen-bond acceptors (Lipinski definition) is 5. The predicted molar refractivity (Wildman–Crippen MR) is 88.9 cm³/mol. The van der Waals surface area contributed by atoms with Crippen LogP contribution in [0, 0.1) is 12.8 Å². The van der Waals surface area contributed by atoms with Crippen molar-refractivity contribution >= 4 is 6.03 Å². The molecule has 3 rings (SSSR count). The maximum atomic E-state index is 12.1. The van der Waals surface area contributed by atoms with E-state index in [1.807, 2.05) is 19.1 Å². The maximum absolute atomic E-state index is 12.1. The van der Waals surface area contributed by atoms with Crippen molar-refractivity contribution in [3.8, 4) is 0 Å². The summed E-state index contributed by atoms with van der Waals surface area (Å²) in [4.78, 5) is 14.4. The van der Waals surface area contributed by atoms with E-state index in [0.717, 1.165) is 44.2 Å². The van der Waals surface area contributed by atoms with E-state index in [4.69, 9.17) is 13.9 Å². The number of furan rings is 1. The first-order valence-corrected chi connectivity index (χ1v) is 8.70. The fourth-order valence-electron chi connectivity index (χ4n) is 3.16. The van der Waals surface area contributed by atoms with Gasteiger partial charge in [-0.05, 0) is 25.5 Å². The molecular formula is C17H27N3O4. The molecule has 0 saturated carbocycles. The number of rotatable bonds is 6. The third kappa shape index (κ3) is 4.72. The number of ether oxygens (including phenoxy) is 2. The third-order valence-corrected chi connectivity index (χ3v) is 4.61. The van der Waals surface area contributed by atoms with Crippen LogP contribution in [-0.2, 0) is 9.47 Å². The molecule has 7 heteroatoms. The molecule has 2 saturated heterocycles. The molecule has 24 heavy (non-hydrogen) atoms. The third-order valence-electron chi connectivity index (χ3n) is 4.61. The van der Waals surface area contributed by atoms with Crippen LogP contribution >= 0.6 is 0 Å². The Morgan fingerprint density at radius 1 is 1.25 bits per heavy atom. The van der Waals surface area contributed by atoms with E-state index < -0.39 is 0 Å². The lowest BCUT2D eigenvalue weighted by atomic mass is 10.1. The summed E-state index contributed by atoms with van der Waals surface area (Å²) in [7, 11) is 0. The highest BCUT2D eigenvalue weighted by molar-refractivity contribution is 5.73. The van der Waals surface area contributed by atoms with Crippen LogP contribution in [0.3, 0.4) is 0 Å². The average Bonchev–Trinajstić information content (AvgIpc) is 3.26. The molecule has 0 spiro atoms. The van der Waals surface area contributed by atoms with Crippen molar-refractivity contribution in [2.45, 2.75) is 19.4 Å². The van der Waals surface area contributed by atoms with Gasteiger partial charge in [0.25, 0.3) is 0 Å². The first kappa shape index (κ1) is 17.3.